The second kappa shape index (κ2) is 10.2. The van der Waals surface area contributed by atoms with E-state index in [1.807, 2.05) is 6.92 Å². The van der Waals surface area contributed by atoms with Gasteiger partial charge < -0.3 is 5.11 Å². The molecular formula is C24H21F13O. The van der Waals surface area contributed by atoms with Crippen LogP contribution in [0.15, 0.2) is 54.6 Å². The minimum absolute atomic E-state index is 0.476. The summed E-state index contributed by atoms with van der Waals surface area (Å²) >= 11 is 0. The van der Waals surface area contributed by atoms with E-state index in [0.717, 1.165) is 42.8 Å². The zero-order chi connectivity index (χ0) is 29.4. The van der Waals surface area contributed by atoms with Crippen molar-refractivity contribution in [2.45, 2.75) is 74.0 Å². The van der Waals surface area contributed by atoms with Crippen molar-refractivity contribution in [3.8, 4) is 0 Å². The van der Waals surface area contributed by atoms with Crippen molar-refractivity contribution in [1.29, 1.82) is 0 Å². The van der Waals surface area contributed by atoms with Gasteiger partial charge in [0.15, 0.2) is 0 Å². The van der Waals surface area contributed by atoms with Gasteiger partial charge in [-0.1, -0.05) is 67.9 Å². The first kappa shape index (κ1) is 31.7. The largest absolute Gasteiger partial charge is 0.460 e. The Kier molecular flexibility index (Phi) is 8.54. The van der Waals surface area contributed by atoms with Crippen molar-refractivity contribution in [3.05, 3.63) is 71.3 Å². The number of benzene rings is 2. The Bertz CT molecular complexity index is 1060. The van der Waals surface area contributed by atoms with Crippen LogP contribution in [0, 0.1) is 0 Å². The van der Waals surface area contributed by atoms with Gasteiger partial charge in [-0.2, -0.15) is 57.1 Å². The smallest absolute Gasteiger partial charge is 0.380 e. The van der Waals surface area contributed by atoms with Crippen molar-refractivity contribution >= 4 is 0 Å². The van der Waals surface area contributed by atoms with E-state index in [1.165, 1.54) is 18.2 Å². The van der Waals surface area contributed by atoms with Gasteiger partial charge in [-0.25, -0.2) is 0 Å². The standard InChI is InChI=1S/C24H21F13O/c1-2-3-7-15-10-12-17(13-11-15)18(38,16-8-5-4-6-9-16)14-19(25,26)20(27,28)21(29,30)22(31,32)23(33,34)24(35,36)37/h4-6,8-13,38H,2-3,7,14H2,1H3. The fraction of sp³-hybridized carbons (Fsp3) is 0.500. The highest BCUT2D eigenvalue weighted by molar-refractivity contribution is 5.38. The molecule has 1 atom stereocenters. The first-order chi connectivity index (χ1) is 17.1. The molecule has 0 bridgehead atoms. The molecule has 0 fully saturated rings. The molecule has 0 radical (unpaired) electrons. The van der Waals surface area contributed by atoms with E-state index >= 15 is 0 Å². The lowest BCUT2D eigenvalue weighted by Crippen LogP contribution is -2.70. The van der Waals surface area contributed by atoms with Crippen LogP contribution in [0.3, 0.4) is 0 Å². The molecule has 1 N–H and O–H groups in total. The first-order valence-electron chi connectivity index (χ1n) is 10.9. The summed E-state index contributed by atoms with van der Waals surface area (Å²) in [4.78, 5) is 0. The maximum absolute atomic E-state index is 14.8. The third-order valence-corrected chi connectivity index (χ3v) is 5.98. The van der Waals surface area contributed by atoms with Crippen molar-refractivity contribution in [2.24, 2.45) is 0 Å². The van der Waals surface area contributed by atoms with Gasteiger partial charge in [-0.05, 0) is 29.5 Å². The summed E-state index contributed by atoms with van der Waals surface area (Å²) in [5.41, 5.74) is -3.89. The van der Waals surface area contributed by atoms with E-state index in [9.17, 15) is 62.2 Å². The van der Waals surface area contributed by atoms with Crippen LogP contribution in [-0.4, -0.2) is 40.9 Å². The summed E-state index contributed by atoms with van der Waals surface area (Å²) in [5.74, 6) is -37.7. The van der Waals surface area contributed by atoms with Gasteiger partial charge in [0.2, 0.25) is 0 Å². The van der Waals surface area contributed by atoms with E-state index in [0.29, 0.717) is 18.4 Å². The Morgan fingerprint density at radius 2 is 1.03 bits per heavy atom. The Labute approximate surface area is 208 Å². The number of alkyl halides is 13. The van der Waals surface area contributed by atoms with Crippen molar-refractivity contribution in [2.75, 3.05) is 0 Å². The van der Waals surface area contributed by atoms with Crippen LogP contribution in [-0.2, 0) is 12.0 Å². The van der Waals surface area contributed by atoms with Gasteiger partial charge >= 0.3 is 35.8 Å². The molecule has 1 nitrogen and oxygen atoms in total. The van der Waals surface area contributed by atoms with E-state index in [2.05, 4.69) is 0 Å². The molecule has 0 spiro atoms. The number of rotatable bonds is 11. The molecule has 2 aromatic rings. The number of hydrogen-bond acceptors (Lipinski definition) is 1. The molecule has 0 aromatic heterocycles. The number of unbranched alkanes of at least 4 members (excludes halogenated alkanes) is 1. The Morgan fingerprint density at radius 1 is 0.579 bits per heavy atom. The topological polar surface area (TPSA) is 20.2 Å². The van der Waals surface area contributed by atoms with Gasteiger partial charge in [0.05, 0.1) is 6.42 Å². The van der Waals surface area contributed by atoms with Crippen LogP contribution >= 0.6 is 0 Å². The SMILES string of the molecule is CCCCc1ccc(C(O)(CC(F)(F)C(F)(F)C(F)(F)C(F)(F)C(F)(F)C(F)(F)F)c2ccccc2)cc1. The fourth-order valence-electron chi connectivity index (χ4n) is 3.65. The average Bonchev–Trinajstić information content (AvgIpc) is 2.82. The monoisotopic (exact) mass is 572 g/mol. The molecule has 0 heterocycles. The first-order valence-corrected chi connectivity index (χ1v) is 10.9. The summed E-state index contributed by atoms with van der Waals surface area (Å²) in [5, 5.41) is 11.1. The normalized spacial score (nSPS) is 15.9. The summed E-state index contributed by atoms with van der Waals surface area (Å²) in [6.07, 6.45) is -8.37. The molecule has 14 heteroatoms. The van der Waals surface area contributed by atoms with Crippen LogP contribution in [0.4, 0.5) is 57.1 Å². The molecule has 0 amide bonds. The molecule has 0 aliphatic heterocycles. The fourth-order valence-corrected chi connectivity index (χ4v) is 3.65. The van der Waals surface area contributed by atoms with Crippen molar-refractivity contribution in [3.63, 3.8) is 0 Å². The second-order valence-corrected chi connectivity index (χ2v) is 8.70. The molecular weight excluding hydrogens is 551 g/mol. The number of halogens is 13. The lowest BCUT2D eigenvalue weighted by Gasteiger charge is -2.42. The number of aryl methyl sites for hydroxylation is 1. The lowest BCUT2D eigenvalue weighted by molar-refractivity contribution is -0.441. The van der Waals surface area contributed by atoms with Gasteiger partial charge in [0.1, 0.15) is 5.60 Å². The van der Waals surface area contributed by atoms with E-state index < -0.39 is 58.9 Å². The molecule has 0 saturated heterocycles. The predicted molar refractivity (Wildman–Crippen MR) is 110 cm³/mol. The molecule has 0 aliphatic carbocycles. The van der Waals surface area contributed by atoms with E-state index in [1.54, 1.807) is 0 Å². The van der Waals surface area contributed by atoms with Gasteiger partial charge in [0, 0.05) is 0 Å². The zero-order valence-corrected chi connectivity index (χ0v) is 19.4. The molecule has 2 rings (SSSR count). The van der Waals surface area contributed by atoms with Crippen LogP contribution in [0.2, 0.25) is 0 Å². The summed E-state index contributed by atoms with van der Waals surface area (Å²) in [6, 6.07) is 9.90. The van der Waals surface area contributed by atoms with Crippen LogP contribution in [0.5, 0.6) is 0 Å². The average molecular weight is 572 g/mol. The predicted octanol–water partition coefficient (Wildman–Crippen LogP) is 8.39. The zero-order valence-electron chi connectivity index (χ0n) is 19.4. The summed E-state index contributed by atoms with van der Waals surface area (Å²) < 4.78 is 177. The van der Waals surface area contributed by atoms with Gasteiger partial charge in [-0.3, -0.25) is 0 Å². The molecule has 1 unspecified atom stereocenters. The number of hydrogen-bond donors (Lipinski definition) is 1. The Morgan fingerprint density at radius 3 is 1.47 bits per heavy atom. The maximum Gasteiger partial charge on any atom is 0.460 e. The Balaban J connectivity index is 2.62. The maximum atomic E-state index is 14.8. The van der Waals surface area contributed by atoms with E-state index in [-0.39, 0.29) is 0 Å². The minimum Gasteiger partial charge on any atom is -0.380 e. The Hall–Kier alpha value is -2.51. The lowest BCUT2D eigenvalue weighted by atomic mass is 9.78. The van der Waals surface area contributed by atoms with Crippen LogP contribution < -0.4 is 0 Å². The highest BCUT2D eigenvalue weighted by Crippen LogP contribution is 2.61. The second-order valence-electron chi connectivity index (χ2n) is 8.70. The van der Waals surface area contributed by atoms with E-state index in [4.69, 9.17) is 0 Å². The third-order valence-electron chi connectivity index (χ3n) is 5.98. The minimum atomic E-state index is -8.00. The summed E-state index contributed by atoms with van der Waals surface area (Å²) in [7, 11) is 0. The highest BCUT2D eigenvalue weighted by Gasteiger charge is 2.90. The number of aliphatic hydroxyl groups is 1. The third kappa shape index (κ3) is 5.20. The van der Waals surface area contributed by atoms with Crippen molar-refractivity contribution in [1.82, 2.24) is 0 Å². The molecule has 38 heavy (non-hydrogen) atoms. The summed E-state index contributed by atoms with van der Waals surface area (Å²) in [6.45, 7) is 1.86. The molecule has 2 aromatic carbocycles. The van der Waals surface area contributed by atoms with Crippen LogP contribution in [0.1, 0.15) is 42.9 Å². The molecule has 214 valence electrons. The molecule has 0 saturated carbocycles. The van der Waals surface area contributed by atoms with Crippen molar-refractivity contribution < 1.29 is 62.2 Å². The van der Waals surface area contributed by atoms with Crippen LogP contribution in [0.25, 0.3) is 0 Å². The van der Waals surface area contributed by atoms with Gasteiger partial charge in [-0.15, -0.1) is 0 Å². The quantitative estimate of drug-likeness (QED) is 0.268. The molecule has 0 aliphatic rings. The highest BCUT2D eigenvalue weighted by atomic mass is 19.4. The van der Waals surface area contributed by atoms with Gasteiger partial charge in [0.25, 0.3) is 0 Å².